The smallest absolute Gasteiger partial charge is 0.236 e. The summed E-state index contributed by atoms with van der Waals surface area (Å²) in [6.07, 6.45) is 0.317. The number of thioether (sulfide) groups is 1. The lowest BCUT2D eigenvalue weighted by molar-refractivity contribution is -0.130. The largest absolute Gasteiger partial charge is 0.496 e. The Morgan fingerprint density at radius 3 is 2.75 bits per heavy atom. The van der Waals surface area contributed by atoms with E-state index in [0.717, 1.165) is 11.3 Å². The quantitative estimate of drug-likeness (QED) is 0.821. The highest BCUT2D eigenvalue weighted by molar-refractivity contribution is 8.01. The van der Waals surface area contributed by atoms with Gasteiger partial charge in [-0.25, -0.2) is 0 Å². The Labute approximate surface area is 148 Å². The molecule has 2 amide bonds. The molecule has 1 aromatic carbocycles. The van der Waals surface area contributed by atoms with Crippen LogP contribution < -0.4 is 10.1 Å². The van der Waals surface area contributed by atoms with Crippen LogP contribution in [0, 0.1) is 5.92 Å². The topological polar surface area (TPSA) is 58.6 Å². The second kappa shape index (κ2) is 8.42. The maximum absolute atomic E-state index is 12.5. The average Bonchev–Trinajstić information content (AvgIpc) is 2.85. The van der Waals surface area contributed by atoms with E-state index in [9.17, 15) is 9.59 Å². The van der Waals surface area contributed by atoms with Crippen LogP contribution in [0.1, 0.15) is 38.1 Å². The highest BCUT2D eigenvalue weighted by atomic mass is 32.2. The summed E-state index contributed by atoms with van der Waals surface area (Å²) in [5, 5.41) is 2.68. The summed E-state index contributed by atoms with van der Waals surface area (Å²) in [7, 11) is 1.63. The highest BCUT2D eigenvalue weighted by Crippen LogP contribution is 2.45. The predicted octanol–water partition coefficient (Wildman–Crippen LogP) is 2.82. The second-order valence-corrected chi connectivity index (χ2v) is 7.78. The van der Waals surface area contributed by atoms with Gasteiger partial charge in [-0.05, 0) is 18.9 Å². The number of amides is 2. The van der Waals surface area contributed by atoms with Crippen LogP contribution in [0.2, 0.25) is 0 Å². The van der Waals surface area contributed by atoms with E-state index < -0.39 is 0 Å². The fourth-order valence-electron chi connectivity index (χ4n) is 2.64. The molecule has 132 valence electrons. The van der Waals surface area contributed by atoms with Gasteiger partial charge < -0.3 is 15.0 Å². The first-order valence-corrected chi connectivity index (χ1v) is 9.23. The normalized spacial score (nSPS) is 20.5. The Kier molecular flexibility index (Phi) is 6.54. The molecule has 2 rings (SSSR count). The standard InChI is InChI=1S/C18H26N2O3S/c1-12(2)11-19-16(21)9-10-20-17(22)13(3)24-18(20)14-7-5-6-8-15(14)23-4/h5-8,12-13,18H,9-11H2,1-4H3,(H,19,21)/t13-,18-/m1/s1. The van der Waals surface area contributed by atoms with Crippen molar-refractivity contribution in [2.75, 3.05) is 20.2 Å². The van der Waals surface area contributed by atoms with Crippen LogP contribution in [0.4, 0.5) is 0 Å². The molecule has 0 aromatic heterocycles. The Balaban J connectivity index is 2.08. The zero-order valence-corrected chi connectivity index (χ0v) is 15.6. The number of hydrogen-bond donors (Lipinski definition) is 1. The van der Waals surface area contributed by atoms with E-state index in [1.54, 1.807) is 23.8 Å². The van der Waals surface area contributed by atoms with Crippen molar-refractivity contribution < 1.29 is 14.3 Å². The summed E-state index contributed by atoms with van der Waals surface area (Å²) in [6, 6.07) is 7.74. The maximum atomic E-state index is 12.5. The number of ether oxygens (including phenoxy) is 1. The predicted molar refractivity (Wildman–Crippen MR) is 97.0 cm³/mol. The number of hydrogen-bond acceptors (Lipinski definition) is 4. The van der Waals surface area contributed by atoms with Gasteiger partial charge in [0, 0.05) is 25.1 Å². The number of nitrogens with zero attached hydrogens (tertiary/aromatic N) is 1. The van der Waals surface area contributed by atoms with E-state index in [1.807, 2.05) is 31.2 Å². The van der Waals surface area contributed by atoms with Gasteiger partial charge in [0.05, 0.1) is 12.4 Å². The van der Waals surface area contributed by atoms with Crippen molar-refractivity contribution in [1.82, 2.24) is 10.2 Å². The zero-order chi connectivity index (χ0) is 17.7. The van der Waals surface area contributed by atoms with Crippen LogP contribution in [0.15, 0.2) is 24.3 Å². The van der Waals surface area contributed by atoms with Crippen LogP contribution in [-0.4, -0.2) is 42.2 Å². The van der Waals surface area contributed by atoms with Gasteiger partial charge in [0.1, 0.15) is 11.1 Å². The van der Waals surface area contributed by atoms with Crippen molar-refractivity contribution in [3.63, 3.8) is 0 Å². The lowest BCUT2D eigenvalue weighted by Crippen LogP contribution is -2.35. The minimum atomic E-state index is -0.112. The molecule has 0 unspecified atom stereocenters. The third-order valence-electron chi connectivity index (χ3n) is 3.94. The molecule has 1 aromatic rings. The number of carbonyl (C=O) groups is 2. The van der Waals surface area contributed by atoms with Crippen molar-refractivity contribution in [1.29, 1.82) is 0 Å². The van der Waals surface area contributed by atoms with Crippen molar-refractivity contribution in [2.24, 2.45) is 5.92 Å². The van der Waals surface area contributed by atoms with E-state index in [0.29, 0.717) is 25.4 Å². The molecule has 0 aliphatic carbocycles. The van der Waals surface area contributed by atoms with Gasteiger partial charge in [0.15, 0.2) is 0 Å². The minimum Gasteiger partial charge on any atom is -0.496 e. The zero-order valence-electron chi connectivity index (χ0n) is 14.7. The Bertz CT molecular complexity index is 591. The number of nitrogens with one attached hydrogen (secondary N) is 1. The lowest BCUT2D eigenvalue weighted by Gasteiger charge is -2.25. The van der Waals surface area contributed by atoms with Crippen LogP contribution in [0.3, 0.4) is 0 Å². The molecule has 2 atom stereocenters. The Morgan fingerprint density at radius 1 is 1.38 bits per heavy atom. The molecule has 1 heterocycles. The monoisotopic (exact) mass is 350 g/mol. The molecule has 1 N–H and O–H groups in total. The summed E-state index contributed by atoms with van der Waals surface area (Å²) < 4.78 is 5.44. The number of carbonyl (C=O) groups excluding carboxylic acids is 2. The van der Waals surface area contributed by atoms with Gasteiger partial charge in [-0.15, -0.1) is 11.8 Å². The van der Waals surface area contributed by atoms with Crippen molar-refractivity contribution in [2.45, 2.75) is 37.8 Å². The molecule has 5 nitrogen and oxygen atoms in total. The number of methoxy groups -OCH3 is 1. The SMILES string of the molecule is COc1ccccc1[C@H]1S[C@H](C)C(=O)N1CCC(=O)NCC(C)C. The van der Waals surface area contributed by atoms with Crippen LogP contribution in [-0.2, 0) is 9.59 Å². The Hall–Kier alpha value is -1.69. The molecule has 0 bridgehead atoms. The second-order valence-electron chi connectivity index (χ2n) is 6.35. The van der Waals surface area contributed by atoms with E-state index >= 15 is 0 Å². The van der Waals surface area contributed by atoms with E-state index in [4.69, 9.17) is 4.74 Å². The maximum Gasteiger partial charge on any atom is 0.236 e. The third kappa shape index (κ3) is 4.44. The average molecular weight is 350 g/mol. The number of benzene rings is 1. The highest BCUT2D eigenvalue weighted by Gasteiger charge is 2.39. The summed E-state index contributed by atoms with van der Waals surface area (Å²) >= 11 is 1.60. The van der Waals surface area contributed by atoms with Crippen LogP contribution >= 0.6 is 11.8 Å². The molecule has 0 saturated carbocycles. The first-order chi connectivity index (χ1) is 11.4. The van der Waals surface area contributed by atoms with Crippen molar-refractivity contribution in [3.8, 4) is 5.75 Å². The van der Waals surface area contributed by atoms with Crippen LogP contribution in [0.25, 0.3) is 0 Å². The van der Waals surface area contributed by atoms with Gasteiger partial charge in [0.25, 0.3) is 0 Å². The van der Waals surface area contributed by atoms with Crippen molar-refractivity contribution >= 4 is 23.6 Å². The minimum absolute atomic E-state index is 0.0140. The van der Waals surface area contributed by atoms with Crippen LogP contribution in [0.5, 0.6) is 5.75 Å². The lowest BCUT2D eigenvalue weighted by atomic mass is 10.1. The van der Waals surface area contributed by atoms with Gasteiger partial charge in [-0.2, -0.15) is 0 Å². The fraction of sp³-hybridized carbons (Fsp3) is 0.556. The molecule has 1 aliphatic heterocycles. The molecule has 24 heavy (non-hydrogen) atoms. The Morgan fingerprint density at radius 2 is 2.08 bits per heavy atom. The summed E-state index contributed by atoms with van der Waals surface area (Å²) in [4.78, 5) is 26.3. The summed E-state index contributed by atoms with van der Waals surface area (Å²) in [6.45, 7) is 7.10. The third-order valence-corrected chi connectivity index (χ3v) is 5.32. The van der Waals surface area contributed by atoms with Crippen molar-refractivity contribution in [3.05, 3.63) is 29.8 Å². The number of rotatable bonds is 7. The van der Waals surface area contributed by atoms with Gasteiger partial charge in [-0.1, -0.05) is 32.0 Å². The summed E-state index contributed by atoms with van der Waals surface area (Å²) in [5.74, 6) is 1.25. The summed E-state index contributed by atoms with van der Waals surface area (Å²) in [5.41, 5.74) is 0.977. The van der Waals surface area contributed by atoms with Gasteiger partial charge >= 0.3 is 0 Å². The molecule has 0 spiro atoms. The molecular formula is C18H26N2O3S. The molecule has 1 aliphatic rings. The molecular weight excluding hydrogens is 324 g/mol. The van der Waals surface area contributed by atoms with E-state index in [-0.39, 0.29) is 22.4 Å². The first-order valence-electron chi connectivity index (χ1n) is 8.29. The first kappa shape index (κ1) is 18.6. The molecule has 0 radical (unpaired) electrons. The van der Waals surface area contributed by atoms with E-state index in [1.165, 1.54) is 0 Å². The number of para-hydroxylation sites is 1. The van der Waals surface area contributed by atoms with E-state index in [2.05, 4.69) is 19.2 Å². The van der Waals surface area contributed by atoms with Gasteiger partial charge in [-0.3, -0.25) is 9.59 Å². The molecule has 1 saturated heterocycles. The van der Waals surface area contributed by atoms with Gasteiger partial charge in [0.2, 0.25) is 11.8 Å². The molecule has 6 heteroatoms. The fourth-order valence-corrected chi connectivity index (χ4v) is 3.98. The molecule has 1 fully saturated rings.